The van der Waals surface area contributed by atoms with E-state index in [-0.39, 0.29) is 12.0 Å². The van der Waals surface area contributed by atoms with Crippen LogP contribution in [-0.4, -0.2) is 6.10 Å². The molecule has 1 nitrogen and oxygen atoms in total. The molecule has 0 fully saturated rings. The van der Waals surface area contributed by atoms with Gasteiger partial charge >= 0.3 is 0 Å². The van der Waals surface area contributed by atoms with Gasteiger partial charge in [0.1, 0.15) is 11.9 Å². The van der Waals surface area contributed by atoms with Gasteiger partial charge in [0.15, 0.2) is 0 Å². The van der Waals surface area contributed by atoms with E-state index in [9.17, 15) is 0 Å². The fraction of sp³-hybridized carbons (Fsp3) is 0.0345. The van der Waals surface area contributed by atoms with Crippen molar-refractivity contribution in [3.8, 4) is 61.4 Å². The molecule has 12 rings (SSSR count). The third-order valence-corrected chi connectivity index (χ3v) is 12.6. The minimum atomic E-state index is 0.0626. The lowest BCUT2D eigenvalue weighted by molar-refractivity contribution is 0.269. The highest BCUT2D eigenvalue weighted by molar-refractivity contribution is 6.22. The van der Waals surface area contributed by atoms with Gasteiger partial charge < -0.3 is 4.74 Å². The van der Waals surface area contributed by atoms with Crippen molar-refractivity contribution in [1.82, 2.24) is 0 Å². The summed E-state index contributed by atoms with van der Waals surface area (Å²) in [6.45, 7) is 0. The van der Waals surface area contributed by atoms with Crippen molar-refractivity contribution in [2.75, 3.05) is 0 Å². The van der Waals surface area contributed by atoms with E-state index in [4.69, 9.17) is 4.74 Å². The third kappa shape index (κ3) is 5.69. The Morgan fingerprint density at radius 1 is 0.305 bits per heavy atom. The lowest BCUT2D eigenvalue weighted by atomic mass is 9.84. The van der Waals surface area contributed by atoms with Crippen LogP contribution in [0.15, 0.2) is 218 Å². The van der Waals surface area contributed by atoms with Crippen molar-refractivity contribution in [2.45, 2.75) is 12.0 Å². The van der Waals surface area contributed by atoms with Gasteiger partial charge in [-0.2, -0.15) is 0 Å². The van der Waals surface area contributed by atoms with Crippen LogP contribution in [0.25, 0.3) is 98.7 Å². The van der Waals surface area contributed by atoms with Gasteiger partial charge in [-0.05, 0) is 135 Å². The zero-order valence-corrected chi connectivity index (χ0v) is 32.3. The Morgan fingerprint density at radius 2 is 0.746 bits per heavy atom. The lowest BCUT2D eigenvalue weighted by Gasteiger charge is -2.19. The average Bonchev–Trinajstić information content (AvgIpc) is 3.68. The summed E-state index contributed by atoms with van der Waals surface area (Å²) in [7, 11) is 0. The number of hydrogen-bond acceptors (Lipinski definition) is 1. The molecule has 10 aromatic carbocycles. The largest absolute Gasteiger partial charge is 0.485 e. The predicted molar refractivity (Wildman–Crippen MR) is 249 cm³/mol. The number of ether oxygens (including phenoxy) is 1. The Labute approximate surface area is 343 Å². The highest BCUT2D eigenvalue weighted by atomic mass is 16.5. The Bertz CT molecular complexity index is 3350. The van der Waals surface area contributed by atoms with Gasteiger partial charge in [0, 0.05) is 11.5 Å². The molecule has 2 atom stereocenters. The molecule has 2 aliphatic rings. The van der Waals surface area contributed by atoms with Crippen LogP contribution in [0.4, 0.5) is 0 Å². The number of rotatable bonds is 5. The molecule has 1 heteroatoms. The Hall–Kier alpha value is -7.48. The topological polar surface area (TPSA) is 9.23 Å². The van der Waals surface area contributed by atoms with E-state index in [1.165, 1.54) is 104 Å². The third-order valence-electron chi connectivity index (χ3n) is 12.6. The second kappa shape index (κ2) is 13.6. The van der Waals surface area contributed by atoms with Crippen LogP contribution in [0.5, 0.6) is 5.75 Å². The first-order valence-electron chi connectivity index (χ1n) is 20.6. The molecule has 2 unspecified atom stereocenters. The smallest absolute Gasteiger partial charge is 0.128 e. The fourth-order valence-corrected chi connectivity index (χ4v) is 9.60. The second-order valence-electron chi connectivity index (χ2n) is 16.0. The first-order valence-corrected chi connectivity index (χ1v) is 20.6. The quantitative estimate of drug-likeness (QED) is 0.159. The standard InChI is InChI=1S/C58H38O/c1-3-11-43-33-45(27-21-37(43)9-1)39-17-23-41(24-18-39)57-50-14-5-6-15-51(50)58(42-25-19-40(20-26-42)46-28-22-38-10-2-4-12-44(38)34-46)54-36-47(29-31-52(54)57)48-30-32-56-53(35-48)49-13-7-8-16-55(49)59-56/h1-36,49,55H. The van der Waals surface area contributed by atoms with E-state index in [0.29, 0.717) is 0 Å². The van der Waals surface area contributed by atoms with Crippen LogP contribution < -0.4 is 4.74 Å². The van der Waals surface area contributed by atoms with Gasteiger partial charge in [0.25, 0.3) is 0 Å². The summed E-state index contributed by atoms with van der Waals surface area (Å²) >= 11 is 0. The summed E-state index contributed by atoms with van der Waals surface area (Å²) in [5.41, 5.74) is 13.4. The van der Waals surface area contributed by atoms with Crippen molar-refractivity contribution in [1.29, 1.82) is 0 Å². The van der Waals surface area contributed by atoms with Gasteiger partial charge in [-0.1, -0.05) is 182 Å². The molecule has 0 saturated heterocycles. The number of benzene rings is 10. The molecular formula is C58H38O. The number of hydrogen-bond donors (Lipinski definition) is 0. The Kier molecular flexibility index (Phi) is 7.74. The van der Waals surface area contributed by atoms with E-state index < -0.39 is 0 Å². The Balaban J connectivity index is 1.03. The molecule has 0 N–H and O–H groups in total. The molecule has 0 aromatic heterocycles. The molecule has 59 heavy (non-hydrogen) atoms. The van der Waals surface area contributed by atoms with Crippen LogP contribution in [0.1, 0.15) is 11.5 Å². The highest BCUT2D eigenvalue weighted by Crippen LogP contribution is 2.47. The van der Waals surface area contributed by atoms with Gasteiger partial charge in [-0.3, -0.25) is 0 Å². The van der Waals surface area contributed by atoms with Crippen LogP contribution in [-0.2, 0) is 0 Å². The predicted octanol–water partition coefficient (Wildman–Crippen LogP) is 15.6. The van der Waals surface area contributed by atoms with Gasteiger partial charge in [0.2, 0.25) is 0 Å². The summed E-state index contributed by atoms with van der Waals surface area (Å²) in [6, 6.07) is 71.8. The van der Waals surface area contributed by atoms with Crippen LogP contribution >= 0.6 is 0 Å². The minimum absolute atomic E-state index is 0.0626. The van der Waals surface area contributed by atoms with Crippen LogP contribution in [0, 0.1) is 0 Å². The molecule has 1 aliphatic carbocycles. The molecule has 0 bridgehead atoms. The molecular weight excluding hydrogens is 713 g/mol. The lowest BCUT2D eigenvalue weighted by Crippen LogP contribution is -2.15. The van der Waals surface area contributed by atoms with Gasteiger partial charge in [-0.25, -0.2) is 0 Å². The van der Waals surface area contributed by atoms with E-state index in [1.807, 2.05) is 0 Å². The Morgan fingerprint density at radius 3 is 1.37 bits per heavy atom. The van der Waals surface area contributed by atoms with Crippen LogP contribution in [0.2, 0.25) is 0 Å². The summed E-state index contributed by atoms with van der Waals surface area (Å²) in [5, 5.41) is 10.00. The van der Waals surface area contributed by atoms with Gasteiger partial charge in [0.05, 0.1) is 0 Å². The second-order valence-corrected chi connectivity index (χ2v) is 16.0. The maximum absolute atomic E-state index is 6.34. The zero-order chi connectivity index (χ0) is 38.9. The summed E-state index contributed by atoms with van der Waals surface area (Å²) in [4.78, 5) is 0. The first-order chi connectivity index (χ1) is 29.2. The highest BCUT2D eigenvalue weighted by Gasteiger charge is 2.32. The van der Waals surface area contributed by atoms with E-state index >= 15 is 0 Å². The number of allylic oxidation sites excluding steroid dienone is 2. The molecule has 1 heterocycles. The molecule has 0 amide bonds. The fourth-order valence-electron chi connectivity index (χ4n) is 9.60. The van der Waals surface area contributed by atoms with Crippen molar-refractivity contribution in [3.63, 3.8) is 0 Å². The van der Waals surface area contributed by atoms with E-state index in [0.717, 1.165) is 5.75 Å². The van der Waals surface area contributed by atoms with Crippen molar-refractivity contribution >= 4 is 43.1 Å². The zero-order valence-electron chi connectivity index (χ0n) is 32.3. The molecule has 0 spiro atoms. The normalized spacial score (nSPS) is 15.5. The summed E-state index contributed by atoms with van der Waals surface area (Å²) in [6.07, 6.45) is 8.73. The van der Waals surface area contributed by atoms with Crippen molar-refractivity contribution in [2.24, 2.45) is 0 Å². The monoisotopic (exact) mass is 750 g/mol. The maximum Gasteiger partial charge on any atom is 0.128 e. The van der Waals surface area contributed by atoms with E-state index in [1.54, 1.807) is 0 Å². The molecule has 10 aromatic rings. The van der Waals surface area contributed by atoms with Crippen molar-refractivity contribution in [3.05, 3.63) is 224 Å². The molecule has 0 radical (unpaired) electrons. The maximum atomic E-state index is 6.34. The summed E-state index contributed by atoms with van der Waals surface area (Å²) in [5.74, 6) is 1.22. The first kappa shape index (κ1) is 33.6. The SMILES string of the molecule is C1=CC2Oc3ccc(-c4ccc5c(-c6ccc(-c7ccc8ccccc8c7)cc6)c6ccccc6c(-c6ccc(-c7ccc8ccccc8c7)cc6)c5c4)cc3C2C=C1. The minimum Gasteiger partial charge on any atom is -0.485 e. The van der Waals surface area contributed by atoms with Gasteiger partial charge in [-0.15, -0.1) is 0 Å². The summed E-state index contributed by atoms with van der Waals surface area (Å²) < 4.78 is 6.34. The molecule has 0 saturated carbocycles. The average molecular weight is 751 g/mol. The molecule has 1 aliphatic heterocycles. The van der Waals surface area contributed by atoms with E-state index in [2.05, 4.69) is 218 Å². The number of fused-ring (bicyclic) bond motifs is 7. The van der Waals surface area contributed by atoms with Crippen molar-refractivity contribution < 1.29 is 4.74 Å². The van der Waals surface area contributed by atoms with Crippen LogP contribution in [0.3, 0.4) is 0 Å². The molecule has 276 valence electrons.